The average molecular weight is 265 g/mol. The summed E-state index contributed by atoms with van der Waals surface area (Å²) < 4.78 is 0. The van der Waals surface area contributed by atoms with Gasteiger partial charge in [0.05, 0.1) is 11.5 Å². The molecule has 3 nitrogen and oxygen atoms in total. The Morgan fingerprint density at radius 1 is 1.50 bits per heavy atom. The maximum Gasteiger partial charge on any atom is 0.230 e. The lowest BCUT2D eigenvalue weighted by Crippen LogP contribution is -2.41. The first-order valence-corrected chi connectivity index (χ1v) is 7.06. The van der Waals surface area contributed by atoms with Crippen LogP contribution in [0.15, 0.2) is 29.2 Å². The summed E-state index contributed by atoms with van der Waals surface area (Å²) in [6.07, 6.45) is 0. The van der Waals surface area contributed by atoms with Gasteiger partial charge in [0.1, 0.15) is 0 Å². The molecule has 0 spiro atoms. The van der Waals surface area contributed by atoms with Crippen LogP contribution in [0.5, 0.6) is 0 Å². The summed E-state index contributed by atoms with van der Waals surface area (Å²) in [5.74, 6) is 0.821. The van der Waals surface area contributed by atoms with Crippen LogP contribution in [0, 0.1) is 0 Å². The van der Waals surface area contributed by atoms with Gasteiger partial charge in [-0.2, -0.15) is 0 Å². The van der Waals surface area contributed by atoms with Crippen molar-refractivity contribution in [3.8, 4) is 0 Å². The summed E-state index contributed by atoms with van der Waals surface area (Å²) in [4.78, 5) is 15.2. The van der Waals surface area contributed by atoms with Gasteiger partial charge in [-0.3, -0.25) is 4.79 Å². The van der Waals surface area contributed by atoms with Gasteiger partial charge in [0.15, 0.2) is 0 Å². The number of benzene rings is 1. The van der Waals surface area contributed by atoms with Crippen LogP contribution in [-0.4, -0.2) is 40.9 Å². The molecule has 0 bridgehead atoms. The van der Waals surface area contributed by atoms with Crippen LogP contribution in [0.25, 0.3) is 0 Å². The van der Waals surface area contributed by atoms with Crippen LogP contribution in [0.3, 0.4) is 0 Å². The molecular weight excluding hydrogens is 246 g/mol. The predicted octanol–water partition coefficient (Wildman–Crippen LogP) is 2.11. The number of hydrogen-bond acceptors (Lipinski definition) is 3. The van der Waals surface area contributed by atoms with E-state index in [1.54, 1.807) is 37.6 Å². The SMILES string of the molecule is CN(CC(C)(C)O)C(=O)C1CSc2ccccc21. The Hall–Kier alpha value is -1.00. The molecule has 2 rings (SSSR count). The third kappa shape index (κ3) is 2.87. The molecule has 0 saturated carbocycles. The zero-order valence-corrected chi connectivity index (χ0v) is 11.8. The molecule has 1 aromatic rings. The Labute approximate surface area is 112 Å². The fourth-order valence-electron chi connectivity index (χ4n) is 2.29. The zero-order valence-electron chi connectivity index (χ0n) is 11.0. The predicted molar refractivity (Wildman–Crippen MR) is 73.8 cm³/mol. The summed E-state index contributed by atoms with van der Waals surface area (Å²) in [5, 5.41) is 9.78. The van der Waals surface area contributed by atoms with Crippen molar-refractivity contribution in [3.05, 3.63) is 29.8 Å². The maximum absolute atomic E-state index is 12.4. The van der Waals surface area contributed by atoms with Crippen molar-refractivity contribution in [2.24, 2.45) is 0 Å². The number of carbonyl (C=O) groups is 1. The standard InChI is InChI=1S/C14H19NO2S/c1-14(2,17)9-15(3)13(16)11-8-18-12-7-5-4-6-10(11)12/h4-7,11,17H,8-9H2,1-3H3. The van der Waals surface area contributed by atoms with E-state index in [1.807, 2.05) is 18.2 Å². The summed E-state index contributed by atoms with van der Waals surface area (Å²) >= 11 is 1.73. The van der Waals surface area contributed by atoms with Gasteiger partial charge in [-0.05, 0) is 25.5 Å². The van der Waals surface area contributed by atoms with Gasteiger partial charge in [-0.15, -0.1) is 11.8 Å². The van der Waals surface area contributed by atoms with Crippen molar-refractivity contribution in [3.63, 3.8) is 0 Å². The Balaban J connectivity index is 2.12. The Morgan fingerprint density at radius 3 is 2.83 bits per heavy atom. The number of likely N-dealkylation sites (N-methyl/N-ethyl adjacent to an activating group) is 1. The van der Waals surface area contributed by atoms with Crippen LogP contribution in [0.4, 0.5) is 0 Å². The van der Waals surface area contributed by atoms with Crippen molar-refractivity contribution >= 4 is 17.7 Å². The fourth-order valence-corrected chi connectivity index (χ4v) is 3.51. The second-order valence-corrected chi connectivity index (χ2v) is 6.47. The van der Waals surface area contributed by atoms with Gasteiger partial charge >= 0.3 is 0 Å². The lowest BCUT2D eigenvalue weighted by molar-refractivity contribution is -0.133. The van der Waals surface area contributed by atoms with E-state index in [1.165, 1.54) is 4.90 Å². The number of amides is 1. The van der Waals surface area contributed by atoms with E-state index < -0.39 is 5.60 Å². The molecule has 0 fully saturated rings. The molecule has 1 aliphatic heterocycles. The van der Waals surface area contributed by atoms with Gasteiger partial charge in [0, 0.05) is 24.2 Å². The van der Waals surface area contributed by atoms with Crippen LogP contribution < -0.4 is 0 Å². The highest BCUT2D eigenvalue weighted by Gasteiger charge is 2.32. The molecule has 0 aliphatic carbocycles. The number of aliphatic hydroxyl groups is 1. The number of nitrogens with zero attached hydrogens (tertiary/aromatic N) is 1. The fraction of sp³-hybridized carbons (Fsp3) is 0.500. The van der Waals surface area contributed by atoms with Gasteiger partial charge in [0.25, 0.3) is 0 Å². The van der Waals surface area contributed by atoms with E-state index in [9.17, 15) is 9.90 Å². The number of carbonyl (C=O) groups excluding carboxylic acids is 1. The first-order chi connectivity index (χ1) is 8.38. The second-order valence-electron chi connectivity index (χ2n) is 5.41. The van der Waals surface area contributed by atoms with E-state index in [-0.39, 0.29) is 11.8 Å². The van der Waals surface area contributed by atoms with E-state index in [0.717, 1.165) is 11.3 Å². The van der Waals surface area contributed by atoms with E-state index in [2.05, 4.69) is 6.07 Å². The Morgan fingerprint density at radius 2 is 2.17 bits per heavy atom. The molecule has 1 aliphatic rings. The first-order valence-electron chi connectivity index (χ1n) is 6.07. The van der Waals surface area contributed by atoms with Gasteiger partial charge in [0.2, 0.25) is 5.91 Å². The molecular formula is C14H19NO2S. The maximum atomic E-state index is 12.4. The van der Waals surface area contributed by atoms with Gasteiger partial charge in [-0.25, -0.2) is 0 Å². The lowest BCUT2D eigenvalue weighted by atomic mass is 9.99. The number of thioether (sulfide) groups is 1. The minimum Gasteiger partial charge on any atom is -0.389 e. The molecule has 1 aromatic carbocycles. The quantitative estimate of drug-likeness (QED) is 0.910. The van der Waals surface area contributed by atoms with E-state index in [0.29, 0.717) is 6.54 Å². The number of rotatable bonds is 3. The molecule has 0 radical (unpaired) electrons. The van der Waals surface area contributed by atoms with Crippen molar-refractivity contribution in [1.29, 1.82) is 0 Å². The third-order valence-corrected chi connectivity index (χ3v) is 4.18. The topological polar surface area (TPSA) is 40.5 Å². The molecule has 0 aromatic heterocycles. The smallest absolute Gasteiger partial charge is 0.230 e. The second kappa shape index (κ2) is 4.94. The first kappa shape index (κ1) is 13.4. The number of fused-ring (bicyclic) bond motifs is 1. The normalized spacial score (nSPS) is 18.6. The summed E-state index contributed by atoms with van der Waals surface area (Å²) in [7, 11) is 1.76. The van der Waals surface area contributed by atoms with E-state index >= 15 is 0 Å². The minimum atomic E-state index is -0.852. The molecule has 1 amide bonds. The van der Waals surface area contributed by atoms with Crippen molar-refractivity contribution < 1.29 is 9.90 Å². The van der Waals surface area contributed by atoms with E-state index in [4.69, 9.17) is 0 Å². The van der Waals surface area contributed by atoms with Crippen LogP contribution in [0.2, 0.25) is 0 Å². The minimum absolute atomic E-state index is 0.0708. The highest BCUT2D eigenvalue weighted by Crippen LogP contribution is 2.40. The van der Waals surface area contributed by atoms with Crippen LogP contribution in [0.1, 0.15) is 25.3 Å². The van der Waals surface area contributed by atoms with Crippen molar-refractivity contribution in [1.82, 2.24) is 4.90 Å². The summed E-state index contributed by atoms with van der Waals surface area (Å²) in [6, 6.07) is 8.05. The lowest BCUT2D eigenvalue weighted by Gasteiger charge is -2.27. The monoisotopic (exact) mass is 265 g/mol. The average Bonchev–Trinajstić information content (AvgIpc) is 2.69. The molecule has 1 heterocycles. The molecule has 1 unspecified atom stereocenters. The summed E-state index contributed by atoms with van der Waals surface area (Å²) in [6.45, 7) is 3.79. The van der Waals surface area contributed by atoms with Gasteiger partial charge in [-0.1, -0.05) is 18.2 Å². The molecule has 18 heavy (non-hydrogen) atoms. The van der Waals surface area contributed by atoms with Crippen LogP contribution >= 0.6 is 11.8 Å². The molecule has 98 valence electrons. The largest absolute Gasteiger partial charge is 0.389 e. The molecule has 1 N–H and O–H groups in total. The highest BCUT2D eigenvalue weighted by molar-refractivity contribution is 7.99. The molecule has 4 heteroatoms. The van der Waals surface area contributed by atoms with Gasteiger partial charge < -0.3 is 10.0 Å². The Bertz CT molecular complexity index is 453. The van der Waals surface area contributed by atoms with Crippen molar-refractivity contribution in [2.75, 3.05) is 19.3 Å². The van der Waals surface area contributed by atoms with Crippen molar-refractivity contribution in [2.45, 2.75) is 30.3 Å². The number of hydrogen-bond donors (Lipinski definition) is 1. The molecule has 1 atom stereocenters. The third-order valence-electron chi connectivity index (χ3n) is 3.00. The van der Waals surface area contributed by atoms with Crippen LogP contribution in [-0.2, 0) is 4.79 Å². The Kier molecular flexibility index (Phi) is 3.69. The summed E-state index contributed by atoms with van der Waals surface area (Å²) in [5.41, 5.74) is 0.269. The highest BCUT2D eigenvalue weighted by atomic mass is 32.2. The zero-order chi connectivity index (χ0) is 13.3. The molecule has 0 saturated heterocycles.